The molecular weight excluding hydrogens is 388 g/mol. The van der Waals surface area contributed by atoms with Crippen LogP contribution in [0.4, 0.5) is 0 Å². The van der Waals surface area contributed by atoms with Crippen molar-refractivity contribution in [3.05, 3.63) is 11.6 Å². The molecule has 10 atom stereocenters. The lowest BCUT2D eigenvalue weighted by molar-refractivity contribution is -0.0983. The topological polar surface area (TPSA) is 80.9 Å². The first-order valence-corrected chi connectivity index (χ1v) is 12.9. The number of fused-ring (bicyclic) bond motifs is 5. The van der Waals surface area contributed by atoms with Gasteiger partial charge in [-0.05, 0) is 112 Å². The predicted molar refractivity (Wildman–Crippen MR) is 123 cm³/mol. The molecule has 3 fully saturated rings. The molecular formula is C27H46O4. The van der Waals surface area contributed by atoms with E-state index in [1.807, 2.05) is 0 Å². The molecule has 0 heterocycles. The molecule has 4 aliphatic carbocycles. The minimum absolute atomic E-state index is 0.144. The predicted octanol–water partition coefficient (Wildman–Crippen LogP) is 4.45. The van der Waals surface area contributed by atoms with Gasteiger partial charge in [0.1, 0.15) is 0 Å². The first-order chi connectivity index (χ1) is 14.4. The molecule has 0 aromatic heterocycles. The molecule has 0 spiro atoms. The summed E-state index contributed by atoms with van der Waals surface area (Å²) in [5.41, 5.74) is 0.661. The lowest BCUT2D eigenvalue weighted by Crippen LogP contribution is -2.55. The van der Waals surface area contributed by atoms with Crippen molar-refractivity contribution in [1.29, 1.82) is 0 Å². The molecule has 3 saturated carbocycles. The molecule has 0 aliphatic heterocycles. The first-order valence-electron chi connectivity index (χ1n) is 12.9. The van der Waals surface area contributed by atoms with Gasteiger partial charge in [0, 0.05) is 0 Å². The van der Waals surface area contributed by atoms with E-state index in [1.165, 1.54) is 31.3 Å². The third kappa shape index (κ3) is 3.94. The summed E-state index contributed by atoms with van der Waals surface area (Å²) in [7, 11) is 0. The monoisotopic (exact) mass is 434 g/mol. The van der Waals surface area contributed by atoms with Gasteiger partial charge in [-0.15, -0.1) is 0 Å². The molecule has 178 valence electrons. The second-order valence-electron chi connectivity index (χ2n) is 12.7. The van der Waals surface area contributed by atoms with E-state index < -0.39 is 11.7 Å². The summed E-state index contributed by atoms with van der Waals surface area (Å²) in [6, 6.07) is 0. The Labute approximate surface area is 189 Å². The summed E-state index contributed by atoms with van der Waals surface area (Å²) in [6.45, 7) is 10.6. The van der Waals surface area contributed by atoms with Crippen LogP contribution in [0.25, 0.3) is 0 Å². The summed E-state index contributed by atoms with van der Waals surface area (Å²) in [5, 5.41) is 41.9. The van der Waals surface area contributed by atoms with Crippen LogP contribution in [0, 0.1) is 40.4 Å². The molecule has 4 nitrogen and oxygen atoms in total. The fraction of sp³-hybridized carbons (Fsp3) is 0.926. The Morgan fingerprint density at radius 3 is 2.42 bits per heavy atom. The van der Waals surface area contributed by atoms with Crippen LogP contribution in [-0.2, 0) is 0 Å². The minimum atomic E-state index is -1.04. The van der Waals surface area contributed by atoms with Gasteiger partial charge in [-0.1, -0.05) is 32.4 Å². The highest BCUT2D eigenvalue weighted by Gasteiger charge is 2.61. The van der Waals surface area contributed by atoms with Gasteiger partial charge in [-0.2, -0.15) is 0 Å². The van der Waals surface area contributed by atoms with Crippen molar-refractivity contribution in [2.75, 3.05) is 0 Å². The second-order valence-corrected chi connectivity index (χ2v) is 12.7. The third-order valence-corrected chi connectivity index (χ3v) is 10.6. The van der Waals surface area contributed by atoms with Gasteiger partial charge in [0.15, 0.2) is 0 Å². The number of hydrogen-bond donors (Lipinski definition) is 4. The van der Waals surface area contributed by atoms with Gasteiger partial charge in [-0.3, -0.25) is 0 Å². The number of rotatable bonds is 5. The first kappa shape index (κ1) is 23.7. The van der Waals surface area contributed by atoms with Gasteiger partial charge in [0.2, 0.25) is 0 Å². The van der Waals surface area contributed by atoms with Crippen LogP contribution < -0.4 is 0 Å². The van der Waals surface area contributed by atoms with E-state index in [1.54, 1.807) is 13.8 Å². The molecule has 0 radical (unpaired) electrons. The molecule has 0 bridgehead atoms. The van der Waals surface area contributed by atoms with Crippen LogP contribution in [0.1, 0.15) is 92.4 Å². The van der Waals surface area contributed by atoms with Crippen LogP contribution in [-0.4, -0.2) is 44.3 Å². The Morgan fingerprint density at radius 1 is 1.03 bits per heavy atom. The Hall–Kier alpha value is -0.420. The quantitative estimate of drug-likeness (QED) is 0.482. The molecule has 4 rings (SSSR count). The van der Waals surface area contributed by atoms with Crippen LogP contribution in [0.2, 0.25) is 0 Å². The minimum Gasteiger partial charge on any atom is -0.393 e. The lowest BCUT2D eigenvalue weighted by Gasteiger charge is -2.59. The molecule has 4 heteroatoms. The Morgan fingerprint density at radius 2 is 1.74 bits per heavy atom. The standard InChI is InChI=1S/C27H46O4/c1-16(6-9-23(30)25(2,3)31)19-7-8-20-24-21(11-13-27(19,20)5)26(4)12-10-18(28)14-17(26)15-22(24)29/h15-16,18-24,28-31H,6-14H2,1-5H3/t16?,18?,19?,20?,21?,22-,23?,24?,26+,27-/m1/s1. The molecule has 4 N–H and O–H groups in total. The van der Waals surface area contributed by atoms with Crippen LogP contribution in [0.15, 0.2) is 11.6 Å². The Balaban J connectivity index is 1.52. The Kier molecular flexibility index (Phi) is 6.21. The van der Waals surface area contributed by atoms with Crippen molar-refractivity contribution in [1.82, 2.24) is 0 Å². The zero-order valence-electron chi connectivity index (χ0n) is 20.3. The summed E-state index contributed by atoms with van der Waals surface area (Å²) < 4.78 is 0. The van der Waals surface area contributed by atoms with Crippen molar-refractivity contribution in [2.24, 2.45) is 40.4 Å². The third-order valence-electron chi connectivity index (χ3n) is 10.6. The molecule has 0 saturated heterocycles. The van der Waals surface area contributed by atoms with Gasteiger partial charge in [0.25, 0.3) is 0 Å². The van der Waals surface area contributed by atoms with Gasteiger partial charge >= 0.3 is 0 Å². The summed E-state index contributed by atoms with van der Waals surface area (Å²) in [4.78, 5) is 0. The summed E-state index contributed by atoms with van der Waals surface area (Å²) in [6.07, 6.45) is 9.88. The molecule has 4 aliphatic rings. The summed E-state index contributed by atoms with van der Waals surface area (Å²) >= 11 is 0. The largest absolute Gasteiger partial charge is 0.393 e. The Bertz CT molecular complexity index is 696. The molecule has 0 amide bonds. The van der Waals surface area contributed by atoms with E-state index in [0.717, 1.165) is 25.7 Å². The average molecular weight is 435 g/mol. The van der Waals surface area contributed by atoms with E-state index in [2.05, 4.69) is 26.8 Å². The van der Waals surface area contributed by atoms with Gasteiger partial charge in [-0.25, -0.2) is 0 Å². The van der Waals surface area contributed by atoms with Crippen molar-refractivity contribution in [2.45, 2.75) is 116 Å². The van der Waals surface area contributed by atoms with E-state index in [0.29, 0.717) is 36.0 Å². The average Bonchev–Trinajstić information content (AvgIpc) is 3.03. The number of aliphatic hydroxyl groups excluding tert-OH is 3. The van der Waals surface area contributed by atoms with Crippen molar-refractivity contribution in [3.63, 3.8) is 0 Å². The maximum absolute atomic E-state index is 11.3. The molecule has 7 unspecified atom stereocenters. The van der Waals surface area contributed by atoms with Crippen LogP contribution >= 0.6 is 0 Å². The van der Waals surface area contributed by atoms with E-state index in [-0.39, 0.29) is 23.0 Å². The van der Waals surface area contributed by atoms with Crippen molar-refractivity contribution >= 4 is 0 Å². The molecule has 0 aromatic rings. The van der Waals surface area contributed by atoms with E-state index in [4.69, 9.17) is 0 Å². The summed E-state index contributed by atoms with van der Waals surface area (Å²) in [5.74, 6) is 2.54. The molecule has 31 heavy (non-hydrogen) atoms. The van der Waals surface area contributed by atoms with E-state index in [9.17, 15) is 20.4 Å². The van der Waals surface area contributed by atoms with Crippen LogP contribution in [0.5, 0.6) is 0 Å². The smallest absolute Gasteiger partial charge is 0.0849 e. The number of aliphatic hydroxyl groups is 4. The zero-order chi connectivity index (χ0) is 22.8. The fourth-order valence-corrected chi connectivity index (χ4v) is 8.58. The normalized spacial score (nSPS) is 47.1. The van der Waals surface area contributed by atoms with Crippen molar-refractivity contribution in [3.8, 4) is 0 Å². The lowest BCUT2D eigenvalue weighted by atomic mass is 9.46. The number of hydrogen-bond acceptors (Lipinski definition) is 4. The highest BCUT2D eigenvalue weighted by Crippen LogP contribution is 2.67. The van der Waals surface area contributed by atoms with E-state index >= 15 is 0 Å². The molecule has 0 aromatic carbocycles. The van der Waals surface area contributed by atoms with Gasteiger partial charge in [0.05, 0.1) is 23.9 Å². The zero-order valence-corrected chi connectivity index (χ0v) is 20.3. The second kappa shape index (κ2) is 8.11. The van der Waals surface area contributed by atoms with Gasteiger partial charge < -0.3 is 20.4 Å². The fourth-order valence-electron chi connectivity index (χ4n) is 8.58. The maximum atomic E-state index is 11.3. The van der Waals surface area contributed by atoms with Crippen molar-refractivity contribution < 1.29 is 20.4 Å². The van der Waals surface area contributed by atoms with Crippen LogP contribution in [0.3, 0.4) is 0 Å². The SMILES string of the molecule is CC(CCC(O)C(C)(C)O)C1CCC2C3C(CC[C@]12C)[C@@]1(C)CCC(O)CC1=C[C@H]3O. The maximum Gasteiger partial charge on any atom is 0.0849 e. The highest BCUT2D eigenvalue weighted by atomic mass is 16.3. The highest BCUT2D eigenvalue weighted by molar-refractivity contribution is 5.27.